The number of carbonyl (C=O) groups is 1. The molecule has 2 heterocycles. The molecule has 1 amide bonds. The molecule has 2 N–H and O–H groups in total. The van der Waals surface area contributed by atoms with Crippen molar-refractivity contribution in [3.63, 3.8) is 0 Å². The molecule has 186 valence electrons. The second-order valence-corrected chi connectivity index (χ2v) is 9.61. The summed E-state index contributed by atoms with van der Waals surface area (Å²) < 4.78 is 108. The lowest BCUT2D eigenvalue weighted by atomic mass is 9.99. The van der Waals surface area contributed by atoms with Gasteiger partial charge < -0.3 is 19.7 Å². The van der Waals surface area contributed by atoms with E-state index in [4.69, 9.17) is 15.6 Å². The maximum Gasteiger partial charge on any atom is 0.419 e. The summed E-state index contributed by atoms with van der Waals surface area (Å²) in [4.78, 5) is 17.6. The standard InChI is InChI=1S/C20H21F5N4O4S/c1-32-17-13(5-4-12(21)16(17)22)29-10-19(33-2,20(23,24)25)9-14(29)18(30)28-11-6-7-27-15(8-11)34(3,26)31/h4-8,14,26H,9-10H2,1-3H3,(H,27,28,30)/t14?,19?,34-/m1/s1/i14D. The topological polar surface area (TPSA) is 105 Å². The number of anilines is 2. The average molecular weight is 509 g/mol. The fraction of sp³-hybridized carbons (Fsp3) is 0.400. The monoisotopic (exact) mass is 509 g/mol. The third-order valence-corrected chi connectivity index (χ3v) is 6.30. The molecule has 1 aromatic carbocycles. The quantitative estimate of drug-likeness (QED) is 0.577. The first-order chi connectivity index (χ1) is 16.1. The molecule has 8 nitrogen and oxygen atoms in total. The molecule has 1 fully saturated rings. The zero-order chi connectivity index (χ0) is 26.4. The predicted octanol–water partition coefficient (Wildman–Crippen LogP) is 3.57. The SMILES string of the molecule is [2H]C1(C(=O)Nc2ccnc([S@](C)(=N)=O)c2)CC(OC)(C(F)(F)F)CN1c1ccc(F)c(F)c1OC. The zero-order valence-corrected chi connectivity index (χ0v) is 18.9. The second-order valence-electron chi connectivity index (χ2n) is 7.50. The molecule has 1 saturated heterocycles. The summed E-state index contributed by atoms with van der Waals surface area (Å²) >= 11 is 0. The van der Waals surface area contributed by atoms with Crippen LogP contribution >= 0.6 is 0 Å². The van der Waals surface area contributed by atoms with Crippen molar-refractivity contribution in [3.05, 3.63) is 42.1 Å². The zero-order valence-electron chi connectivity index (χ0n) is 19.1. The first-order valence-corrected chi connectivity index (χ1v) is 11.5. The first-order valence-electron chi connectivity index (χ1n) is 10.0. The Hall–Kier alpha value is -3.00. The molecule has 14 heteroatoms. The first kappa shape index (κ1) is 24.1. The number of methoxy groups -OCH3 is 2. The number of carbonyl (C=O) groups excluding carboxylic acids is 1. The Kier molecular flexibility index (Phi) is 6.38. The van der Waals surface area contributed by atoms with Gasteiger partial charge in [0, 0.05) is 31.7 Å². The Morgan fingerprint density at radius 3 is 2.59 bits per heavy atom. The Morgan fingerprint density at radius 1 is 1.35 bits per heavy atom. The summed E-state index contributed by atoms with van der Waals surface area (Å²) in [5.74, 6) is -4.94. The van der Waals surface area contributed by atoms with E-state index in [1.165, 1.54) is 6.07 Å². The van der Waals surface area contributed by atoms with Crippen LogP contribution in [0.5, 0.6) is 5.75 Å². The van der Waals surface area contributed by atoms with Gasteiger partial charge in [-0.25, -0.2) is 18.4 Å². The molecule has 0 saturated carbocycles. The molecular weight excluding hydrogens is 487 g/mol. The molecule has 1 aliphatic rings. The summed E-state index contributed by atoms with van der Waals surface area (Å²) in [5.41, 5.74) is -3.57. The summed E-state index contributed by atoms with van der Waals surface area (Å²) in [5, 5.41) is 2.06. The van der Waals surface area contributed by atoms with E-state index in [0.717, 1.165) is 38.8 Å². The highest BCUT2D eigenvalue weighted by atomic mass is 32.2. The van der Waals surface area contributed by atoms with E-state index in [1.54, 1.807) is 0 Å². The van der Waals surface area contributed by atoms with Crippen LogP contribution in [0.3, 0.4) is 0 Å². The Balaban J connectivity index is 2.14. The minimum absolute atomic E-state index is 0.0902. The number of halogens is 5. The van der Waals surface area contributed by atoms with E-state index in [2.05, 4.69) is 10.3 Å². The van der Waals surface area contributed by atoms with Gasteiger partial charge in [0.2, 0.25) is 11.7 Å². The lowest BCUT2D eigenvalue weighted by molar-refractivity contribution is -0.261. The number of nitrogens with zero attached hydrogens (tertiary/aromatic N) is 2. The average Bonchev–Trinajstić information content (AvgIpc) is 3.10. The number of benzene rings is 1. The van der Waals surface area contributed by atoms with Crippen molar-refractivity contribution in [2.75, 3.05) is 37.2 Å². The van der Waals surface area contributed by atoms with E-state index in [0.29, 0.717) is 11.0 Å². The van der Waals surface area contributed by atoms with Crippen LogP contribution in [0.2, 0.25) is 0 Å². The smallest absolute Gasteiger partial charge is 0.419 e. The molecule has 1 aliphatic heterocycles. The van der Waals surface area contributed by atoms with Gasteiger partial charge in [0.1, 0.15) is 11.0 Å². The number of aromatic nitrogens is 1. The Labute approximate surface area is 193 Å². The molecule has 0 bridgehead atoms. The van der Waals surface area contributed by atoms with E-state index < -0.39 is 69.5 Å². The van der Waals surface area contributed by atoms with Crippen molar-refractivity contribution < 1.29 is 41.8 Å². The molecule has 2 aromatic rings. The Bertz CT molecular complexity index is 1260. The molecule has 3 rings (SSSR count). The maximum absolute atomic E-state index is 14.4. The third kappa shape index (κ3) is 4.64. The van der Waals surface area contributed by atoms with Gasteiger partial charge in [0.05, 0.1) is 30.4 Å². The number of hydrogen-bond donors (Lipinski definition) is 2. The number of pyridine rings is 1. The van der Waals surface area contributed by atoms with Gasteiger partial charge in [-0.05, 0) is 24.3 Å². The highest BCUT2D eigenvalue weighted by Gasteiger charge is 2.63. The van der Waals surface area contributed by atoms with Crippen molar-refractivity contribution in [2.24, 2.45) is 0 Å². The van der Waals surface area contributed by atoms with E-state index in [1.807, 2.05) is 0 Å². The lowest BCUT2D eigenvalue weighted by Gasteiger charge is -2.31. The van der Waals surface area contributed by atoms with Gasteiger partial charge in [0.25, 0.3) is 0 Å². The number of hydrogen-bond acceptors (Lipinski definition) is 7. The second kappa shape index (κ2) is 8.98. The predicted molar refractivity (Wildman–Crippen MR) is 112 cm³/mol. The van der Waals surface area contributed by atoms with Crippen molar-refractivity contribution in [2.45, 2.75) is 29.2 Å². The van der Waals surface area contributed by atoms with E-state index in [-0.39, 0.29) is 10.7 Å². The molecule has 1 aromatic heterocycles. The van der Waals surface area contributed by atoms with Gasteiger partial charge >= 0.3 is 6.18 Å². The molecule has 0 spiro atoms. The van der Waals surface area contributed by atoms with Gasteiger partial charge in [-0.3, -0.25) is 4.79 Å². The van der Waals surface area contributed by atoms with Crippen LogP contribution in [0.1, 0.15) is 7.79 Å². The van der Waals surface area contributed by atoms with Crippen LogP contribution in [0.4, 0.5) is 33.3 Å². The van der Waals surface area contributed by atoms with Crippen molar-refractivity contribution >= 4 is 27.0 Å². The number of nitrogens with one attached hydrogen (secondary N) is 2. The molecule has 0 radical (unpaired) electrons. The van der Waals surface area contributed by atoms with Crippen molar-refractivity contribution in [1.82, 2.24) is 4.98 Å². The largest absolute Gasteiger partial charge is 0.491 e. The fourth-order valence-corrected chi connectivity index (χ4v) is 4.09. The van der Waals surface area contributed by atoms with Crippen molar-refractivity contribution in [1.29, 1.82) is 4.78 Å². The minimum Gasteiger partial charge on any atom is -0.491 e. The van der Waals surface area contributed by atoms with Crippen LogP contribution in [-0.2, 0) is 19.3 Å². The van der Waals surface area contributed by atoms with E-state index in [9.17, 15) is 31.0 Å². The molecule has 3 atom stereocenters. The summed E-state index contributed by atoms with van der Waals surface area (Å²) in [6.45, 7) is -1.11. The molecule has 34 heavy (non-hydrogen) atoms. The van der Waals surface area contributed by atoms with Crippen LogP contribution in [-0.4, -0.2) is 59.9 Å². The number of amides is 1. The number of ether oxygens (including phenoxy) is 2. The maximum atomic E-state index is 14.4. The summed E-state index contributed by atoms with van der Waals surface area (Å²) in [6, 6.07) is 1.09. The Morgan fingerprint density at radius 2 is 2.03 bits per heavy atom. The van der Waals surface area contributed by atoms with Gasteiger partial charge in [-0.1, -0.05) is 0 Å². The normalized spacial score (nSPS) is 24.9. The summed E-state index contributed by atoms with van der Waals surface area (Å²) in [6.07, 6.45) is -4.07. The van der Waals surface area contributed by atoms with Gasteiger partial charge in [-0.15, -0.1) is 0 Å². The minimum atomic E-state index is -5.04. The summed E-state index contributed by atoms with van der Waals surface area (Å²) in [7, 11) is -1.57. The highest BCUT2D eigenvalue weighted by molar-refractivity contribution is 7.91. The van der Waals surface area contributed by atoms with Crippen LogP contribution in [0, 0.1) is 16.4 Å². The third-order valence-electron chi connectivity index (χ3n) is 5.28. The lowest BCUT2D eigenvalue weighted by Crippen LogP contribution is -2.49. The fourth-order valence-electron chi connectivity index (χ4n) is 3.48. The highest BCUT2D eigenvalue weighted by Crippen LogP contribution is 2.47. The molecular formula is C20H21F5N4O4S. The van der Waals surface area contributed by atoms with Gasteiger partial charge in [-0.2, -0.15) is 17.6 Å². The number of rotatable bonds is 6. The van der Waals surface area contributed by atoms with E-state index >= 15 is 0 Å². The van der Waals surface area contributed by atoms with Gasteiger partial charge in [0.15, 0.2) is 17.2 Å². The van der Waals surface area contributed by atoms with Crippen LogP contribution in [0.15, 0.2) is 35.5 Å². The van der Waals surface area contributed by atoms with Crippen LogP contribution in [0.25, 0.3) is 0 Å². The number of alkyl halides is 3. The van der Waals surface area contributed by atoms with Crippen LogP contribution < -0.4 is 15.0 Å². The molecule has 2 unspecified atom stereocenters. The van der Waals surface area contributed by atoms with Crippen molar-refractivity contribution in [3.8, 4) is 5.75 Å². The molecule has 0 aliphatic carbocycles.